The van der Waals surface area contributed by atoms with Gasteiger partial charge in [-0.2, -0.15) is 5.10 Å². The number of carbonyl (C=O) groups excluding carboxylic acids is 1. The van der Waals surface area contributed by atoms with Gasteiger partial charge >= 0.3 is 0 Å². The van der Waals surface area contributed by atoms with Gasteiger partial charge in [0.25, 0.3) is 5.91 Å². The fraction of sp³-hybridized carbons (Fsp3) is 0.154. The van der Waals surface area contributed by atoms with E-state index in [1.807, 2.05) is 83.4 Å². The van der Waals surface area contributed by atoms with Crippen LogP contribution in [0, 0.1) is 0 Å². The van der Waals surface area contributed by atoms with Crippen LogP contribution in [0.4, 0.5) is 0 Å². The lowest BCUT2D eigenvalue weighted by Crippen LogP contribution is -2.20. The molecular weight excluding hydrogens is 482 g/mol. The van der Waals surface area contributed by atoms with Gasteiger partial charge in [0.2, 0.25) is 0 Å². The van der Waals surface area contributed by atoms with Gasteiger partial charge in [-0.3, -0.25) is 9.36 Å². The number of amides is 1. The molecular formula is C26H24ClN5O2S. The van der Waals surface area contributed by atoms with Crippen molar-refractivity contribution in [1.29, 1.82) is 0 Å². The Bertz CT molecular complexity index is 1280. The van der Waals surface area contributed by atoms with Crippen LogP contribution in [0.2, 0.25) is 5.02 Å². The van der Waals surface area contributed by atoms with Gasteiger partial charge in [-0.15, -0.1) is 10.2 Å². The number of ether oxygens (including phenoxy) is 1. The van der Waals surface area contributed by atoms with Gasteiger partial charge in [-0.05, 0) is 60.5 Å². The van der Waals surface area contributed by atoms with Crippen LogP contribution in [0.1, 0.15) is 18.9 Å². The van der Waals surface area contributed by atoms with Crippen molar-refractivity contribution in [2.24, 2.45) is 5.10 Å². The summed E-state index contributed by atoms with van der Waals surface area (Å²) in [4.78, 5) is 12.4. The number of benzene rings is 3. The molecule has 3 aromatic carbocycles. The van der Waals surface area contributed by atoms with Crippen LogP contribution in [-0.2, 0) is 4.79 Å². The zero-order chi connectivity index (χ0) is 24.5. The minimum absolute atomic E-state index is 0.127. The number of aromatic nitrogens is 3. The summed E-state index contributed by atoms with van der Waals surface area (Å²) in [6.45, 7) is 2.74. The molecule has 7 nitrogen and oxygen atoms in total. The second-order valence-corrected chi connectivity index (χ2v) is 8.86. The Morgan fingerprint density at radius 2 is 1.80 bits per heavy atom. The molecule has 35 heavy (non-hydrogen) atoms. The van der Waals surface area contributed by atoms with E-state index in [9.17, 15) is 4.79 Å². The highest BCUT2D eigenvalue weighted by molar-refractivity contribution is 7.99. The van der Waals surface area contributed by atoms with Crippen molar-refractivity contribution in [2.75, 3.05) is 12.4 Å². The van der Waals surface area contributed by atoms with Gasteiger partial charge < -0.3 is 4.74 Å². The number of carbonyl (C=O) groups is 1. The van der Waals surface area contributed by atoms with Crippen LogP contribution >= 0.6 is 23.4 Å². The SMILES string of the molecule is CCCOc1ccc(/C=N\NC(=O)CSc2nnc(-c3ccccc3)n2-c2ccc(Cl)cc2)cc1. The summed E-state index contributed by atoms with van der Waals surface area (Å²) in [6, 6.07) is 24.7. The zero-order valence-electron chi connectivity index (χ0n) is 19.1. The van der Waals surface area contributed by atoms with E-state index in [2.05, 4.69) is 27.6 Å². The van der Waals surface area contributed by atoms with Crippen molar-refractivity contribution < 1.29 is 9.53 Å². The van der Waals surface area contributed by atoms with Crippen LogP contribution in [0.15, 0.2) is 89.1 Å². The Balaban J connectivity index is 1.42. The van der Waals surface area contributed by atoms with Crippen molar-refractivity contribution >= 4 is 35.5 Å². The van der Waals surface area contributed by atoms with Gasteiger partial charge in [0.15, 0.2) is 11.0 Å². The Hall–Kier alpha value is -3.62. The molecule has 1 N–H and O–H groups in total. The third-order valence-electron chi connectivity index (χ3n) is 4.84. The van der Waals surface area contributed by atoms with Crippen molar-refractivity contribution in [3.8, 4) is 22.8 Å². The summed E-state index contributed by atoms with van der Waals surface area (Å²) in [7, 11) is 0. The molecule has 1 aromatic heterocycles. The molecule has 0 saturated heterocycles. The monoisotopic (exact) mass is 505 g/mol. The standard InChI is InChI=1S/C26H24ClN5O2S/c1-2-16-34-23-14-8-19(9-15-23)17-28-29-24(33)18-35-26-31-30-25(20-6-4-3-5-7-20)32(26)22-12-10-21(27)11-13-22/h3-15,17H,2,16,18H2,1H3,(H,29,33)/b28-17-. The highest BCUT2D eigenvalue weighted by atomic mass is 35.5. The number of nitrogens with one attached hydrogen (secondary N) is 1. The first-order valence-electron chi connectivity index (χ1n) is 11.1. The molecule has 9 heteroatoms. The van der Waals surface area contributed by atoms with Crippen LogP contribution in [0.5, 0.6) is 5.75 Å². The lowest BCUT2D eigenvalue weighted by atomic mass is 10.2. The summed E-state index contributed by atoms with van der Waals surface area (Å²) in [5, 5.41) is 14.0. The van der Waals surface area contributed by atoms with E-state index in [0.717, 1.165) is 29.0 Å². The molecule has 0 saturated carbocycles. The number of rotatable bonds is 10. The van der Waals surface area contributed by atoms with Crippen LogP contribution in [0.3, 0.4) is 0 Å². The molecule has 4 aromatic rings. The fourth-order valence-corrected chi connectivity index (χ4v) is 4.04. The van der Waals surface area contributed by atoms with Crippen molar-refractivity contribution in [1.82, 2.24) is 20.2 Å². The summed E-state index contributed by atoms with van der Waals surface area (Å²) in [5.74, 6) is 1.37. The number of nitrogens with zero attached hydrogens (tertiary/aromatic N) is 4. The molecule has 0 spiro atoms. The lowest BCUT2D eigenvalue weighted by molar-refractivity contribution is -0.118. The third-order valence-corrected chi connectivity index (χ3v) is 6.02. The molecule has 0 aliphatic carbocycles. The second kappa shape index (κ2) is 12.2. The number of hydrogen-bond donors (Lipinski definition) is 1. The molecule has 0 fully saturated rings. The van der Waals surface area contributed by atoms with Crippen LogP contribution in [-0.4, -0.2) is 39.2 Å². The molecule has 4 rings (SSSR count). The third kappa shape index (κ3) is 6.71. The van der Waals surface area contributed by atoms with Gasteiger partial charge in [0.1, 0.15) is 5.75 Å². The summed E-state index contributed by atoms with van der Waals surface area (Å²) < 4.78 is 7.48. The minimum Gasteiger partial charge on any atom is -0.494 e. The average Bonchev–Trinajstić information content (AvgIpc) is 3.32. The van der Waals surface area contributed by atoms with E-state index in [1.165, 1.54) is 11.8 Å². The second-order valence-electron chi connectivity index (χ2n) is 7.48. The van der Waals surface area contributed by atoms with E-state index in [0.29, 0.717) is 22.6 Å². The quantitative estimate of drug-likeness (QED) is 0.172. The summed E-state index contributed by atoms with van der Waals surface area (Å²) in [6.07, 6.45) is 2.55. The maximum absolute atomic E-state index is 12.4. The largest absolute Gasteiger partial charge is 0.494 e. The highest BCUT2D eigenvalue weighted by Crippen LogP contribution is 2.28. The first-order valence-corrected chi connectivity index (χ1v) is 12.4. The van der Waals surface area contributed by atoms with Gasteiger partial charge in [0, 0.05) is 16.3 Å². The highest BCUT2D eigenvalue weighted by Gasteiger charge is 2.17. The molecule has 0 bridgehead atoms. The van der Waals surface area contributed by atoms with E-state index in [1.54, 1.807) is 6.21 Å². The first kappa shape index (κ1) is 24.5. The van der Waals surface area contributed by atoms with Crippen molar-refractivity contribution in [3.63, 3.8) is 0 Å². The number of hydrogen-bond acceptors (Lipinski definition) is 6. The molecule has 0 atom stereocenters. The molecule has 0 radical (unpaired) electrons. The van der Waals surface area contributed by atoms with Gasteiger partial charge in [0.05, 0.1) is 18.6 Å². The van der Waals surface area contributed by atoms with Crippen LogP contribution in [0.25, 0.3) is 17.1 Å². The topological polar surface area (TPSA) is 81.4 Å². The van der Waals surface area contributed by atoms with Crippen LogP contribution < -0.4 is 10.2 Å². The zero-order valence-corrected chi connectivity index (χ0v) is 20.7. The molecule has 1 amide bonds. The maximum Gasteiger partial charge on any atom is 0.250 e. The van der Waals surface area contributed by atoms with E-state index in [-0.39, 0.29) is 11.7 Å². The first-order chi connectivity index (χ1) is 17.1. The van der Waals surface area contributed by atoms with E-state index >= 15 is 0 Å². The predicted molar refractivity (Wildman–Crippen MR) is 140 cm³/mol. The molecule has 1 heterocycles. The maximum atomic E-state index is 12.4. The summed E-state index contributed by atoms with van der Waals surface area (Å²) >= 11 is 7.35. The minimum atomic E-state index is -0.249. The van der Waals surface area contributed by atoms with Crippen molar-refractivity contribution in [2.45, 2.75) is 18.5 Å². The predicted octanol–water partition coefficient (Wildman–Crippen LogP) is 5.62. The van der Waals surface area contributed by atoms with E-state index < -0.39 is 0 Å². The van der Waals surface area contributed by atoms with Gasteiger partial charge in [-0.1, -0.05) is 60.6 Å². The molecule has 0 aliphatic heterocycles. The average molecular weight is 506 g/mol. The van der Waals surface area contributed by atoms with E-state index in [4.69, 9.17) is 16.3 Å². The Morgan fingerprint density at radius 3 is 2.51 bits per heavy atom. The van der Waals surface area contributed by atoms with Crippen molar-refractivity contribution in [3.05, 3.63) is 89.4 Å². The van der Waals surface area contributed by atoms with Gasteiger partial charge in [-0.25, -0.2) is 5.43 Å². The molecule has 178 valence electrons. The Labute approximate surface area is 213 Å². The Morgan fingerprint density at radius 1 is 1.06 bits per heavy atom. The number of thioether (sulfide) groups is 1. The smallest absolute Gasteiger partial charge is 0.250 e. The molecule has 0 aliphatic rings. The summed E-state index contributed by atoms with van der Waals surface area (Å²) in [5.41, 5.74) is 5.19. The lowest BCUT2D eigenvalue weighted by Gasteiger charge is -2.10. The molecule has 0 unspecified atom stereocenters. The number of hydrazone groups is 1. The fourth-order valence-electron chi connectivity index (χ4n) is 3.17. The Kier molecular flexibility index (Phi) is 8.53. The number of halogens is 1. The normalized spacial score (nSPS) is 11.0.